The number of hydrogen-bond donors (Lipinski definition) is 2. The smallest absolute Gasteiger partial charge is 0.304 e. The van der Waals surface area contributed by atoms with Crippen LogP contribution >= 0.6 is 0 Å². The van der Waals surface area contributed by atoms with Gasteiger partial charge >= 0.3 is 5.97 Å². The summed E-state index contributed by atoms with van der Waals surface area (Å²) in [4.78, 5) is 21.8. The molecule has 1 saturated carbocycles. The summed E-state index contributed by atoms with van der Waals surface area (Å²) < 4.78 is 27.7. The van der Waals surface area contributed by atoms with Crippen LogP contribution in [0.3, 0.4) is 0 Å². The summed E-state index contributed by atoms with van der Waals surface area (Å²) in [5.41, 5.74) is 5.26. The van der Waals surface area contributed by atoms with Gasteiger partial charge in [-0.15, -0.1) is 0 Å². The maximum absolute atomic E-state index is 12.6. The van der Waals surface area contributed by atoms with E-state index < -0.39 is 21.9 Å². The van der Waals surface area contributed by atoms with Gasteiger partial charge in [0, 0.05) is 25.8 Å². The molecule has 3 N–H and O–H groups in total. The number of aliphatic carboxylic acids is 1. The van der Waals surface area contributed by atoms with Crippen LogP contribution in [0, 0.1) is 0 Å². The van der Waals surface area contributed by atoms with Crippen molar-refractivity contribution in [2.24, 2.45) is 12.8 Å². The summed E-state index contributed by atoms with van der Waals surface area (Å²) in [6, 6.07) is 1.06. The van der Waals surface area contributed by atoms with Crippen LogP contribution in [-0.4, -0.2) is 46.9 Å². The fourth-order valence-corrected chi connectivity index (χ4v) is 3.88. The highest BCUT2D eigenvalue weighted by atomic mass is 32.2. The number of nitrogens with two attached hydrogens (primary N) is 1. The van der Waals surface area contributed by atoms with E-state index in [2.05, 4.69) is 0 Å². The van der Waals surface area contributed by atoms with Crippen molar-refractivity contribution in [2.45, 2.75) is 30.2 Å². The van der Waals surface area contributed by atoms with Crippen molar-refractivity contribution in [1.29, 1.82) is 0 Å². The number of aromatic nitrogens is 1. The Morgan fingerprint density at radius 2 is 2.10 bits per heavy atom. The van der Waals surface area contributed by atoms with E-state index in [1.165, 1.54) is 28.2 Å². The van der Waals surface area contributed by atoms with Crippen LogP contribution in [-0.2, 0) is 21.9 Å². The molecule has 21 heavy (non-hydrogen) atoms. The lowest BCUT2D eigenvalue weighted by Gasteiger charge is -2.20. The van der Waals surface area contributed by atoms with Crippen LogP contribution in [0.5, 0.6) is 0 Å². The molecule has 0 radical (unpaired) electrons. The van der Waals surface area contributed by atoms with Gasteiger partial charge in [0.15, 0.2) is 0 Å². The average Bonchev–Trinajstić information content (AvgIpc) is 3.10. The number of carboxylic acid groups (broad SMARTS) is 1. The first-order valence-corrected chi connectivity index (χ1v) is 7.87. The number of carbonyl (C=O) groups is 2. The number of nitrogens with zero attached hydrogens (tertiary/aromatic N) is 2. The van der Waals surface area contributed by atoms with Gasteiger partial charge in [-0.3, -0.25) is 9.59 Å². The van der Waals surface area contributed by atoms with E-state index in [1.807, 2.05) is 0 Å². The van der Waals surface area contributed by atoms with Crippen molar-refractivity contribution in [3.05, 3.63) is 18.0 Å². The van der Waals surface area contributed by atoms with Gasteiger partial charge in [0.1, 0.15) is 10.6 Å². The standard InChI is InChI=1S/C12H17N3O5S/c1-14-7-9(6-10(14)12(13)18)21(19,20)15(8-2-3-8)5-4-11(16)17/h6-8H,2-5H2,1H3,(H2,13,18)(H,16,17). The summed E-state index contributed by atoms with van der Waals surface area (Å²) >= 11 is 0. The second kappa shape index (κ2) is 5.49. The quantitative estimate of drug-likeness (QED) is 0.718. The Morgan fingerprint density at radius 1 is 1.48 bits per heavy atom. The lowest BCUT2D eigenvalue weighted by molar-refractivity contribution is -0.137. The van der Waals surface area contributed by atoms with E-state index in [4.69, 9.17) is 10.8 Å². The lowest BCUT2D eigenvalue weighted by atomic mass is 10.4. The molecule has 1 aliphatic carbocycles. The zero-order valence-corrected chi connectivity index (χ0v) is 12.3. The molecule has 1 aromatic rings. The number of aryl methyl sites for hydroxylation is 1. The maximum Gasteiger partial charge on any atom is 0.304 e. The molecular formula is C12H17N3O5S. The maximum atomic E-state index is 12.6. The second-order valence-corrected chi connectivity index (χ2v) is 6.92. The molecule has 1 fully saturated rings. The highest BCUT2D eigenvalue weighted by Crippen LogP contribution is 2.32. The molecule has 0 unspecified atom stereocenters. The number of hydrogen-bond acceptors (Lipinski definition) is 4. The second-order valence-electron chi connectivity index (χ2n) is 5.03. The van der Waals surface area contributed by atoms with Crippen LogP contribution in [0.1, 0.15) is 29.8 Å². The molecule has 1 aliphatic rings. The third-order valence-electron chi connectivity index (χ3n) is 3.34. The predicted molar refractivity (Wildman–Crippen MR) is 73.1 cm³/mol. The lowest BCUT2D eigenvalue weighted by Crippen LogP contribution is -2.34. The van der Waals surface area contributed by atoms with E-state index in [-0.39, 0.29) is 29.6 Å². The number of rotatable bonds is 7. The van der Waals surface area contributed by atoms with Crippen molar-refractivity contribution in [3.8, 4) is 0 Å². The number of sulfonamides is 1. The van der Waals surface area contributed by atoms with E-state index in [0.717, 1.165) is 0 Å². The molecule has 2 rings (SSSR count). The summed E-state index contributed by atoms with van der Waals surface area (Å²) in [7, 11) is -2.30. The zero-order valence-electron chi connectivity index (χ0n) is 11.5. The molecule has 1 amide bonds. The van der Waals surface area contributed by atoms with Crippen molar-refractivity contribution >= 4 is 21.9 Å². The number of carboxylic acids is 1. The van der Waals surface area contributed by atoms with Gasteiger partial charge in [0.05, 0.1) is 6.42 Å². The summed E-state index contributed by atoms with van der Waals surface area (Å²) in [6.45, 7) is -0.0802. The van der Waals surface area contributed by atoms with Crippen LogP contribution in [0.15, 0.2) is 17.2 Å². The van der Waals surface area contributed by atoms with Gasteiger partial charge in [-0.1, -0.05) is 0 Å². The molecular weight excluding hydrogens is 298 g/mol. The fourth-order valence-electron chi connectivity index (χ4n) is 2.12. The molecule has 0 aromatic carbocycles. The third-order valence-corrected chi connectivity index (χ3v) is 5.26. The van der Waals surface area contributed by atoms with Gasteiger partial charge in [-0.05, 0) is 18.9 Å². The highest BCUT2D eigenvalue weighted by molar-refractivity contribution is 7.89. The Hall–Kier alpha value is -1.87. The van der Waals surface area contributed by atoms with Crippen molar-refractivity contribution in [1.82, 2.24) is 8.87 Å². The first-order valence-electron chi connectivity index (χ1n) is 6.43. The van der Waals surface area contributed by atoms with Crippen molar-refractivity contribution in [2.75, 3.05) is 6.54 Å². The van der Waals surface area contributed by atoms with E-state index >= 15 is 0 Å². The zero-order chi connectivity index (χ0) is 15.8. The SMILES string of the molecule is Cn1cc(S(=O)(=O)N(CCC(=O)O)C2CC2)cc1C(N)=O. The number of amides is 1. The average molecular weight is 315 g/mol. The molecule has 0 aliphatic heterocycles. The predicted octanol–water partition coefficient (Wildman–Crippen LogP) is -0.248. The van der Waals surface area contributed by atoms with Gasteiger partial charge in [0.2, 0.25) is 10.0 Å². The molecule has 1 aromatic heterocycles. The van der Waals surface area contributed by atoms with Gasteiger partial charge in [-0.2, -0.15) is 4.31 Å². The molecule has 116 valence electrons. The Kier molecular flexibility index (Phi) is 4.06. The summed E-state index contributed by atoms with van der Waals surface area (Å²) in [6.07, 6.45) is 2.49. The van der Waals surface area contributed by atoms with Gasteiger partial charge < -0.3 is 15.4 Å². The minimum atomic E-state index is -3.83. The minimum absolute atomic E-state index is 0.0453. The first kappa shape index (κ1) is 15.5. The van der Waals surface area contributed by atoms with E-state index in [9.17, 15) is 18.0 Å². The van der Waals surface area contributed by atoms with Gasteiger partial charge in [-0.25, -0.2) is 8.42 Å². The monoisotopic (exact) mass is 315 g/mol. The molecule has 0 bridgehead atoms. The molecule has 0 saturated heterocycles. The van der Waals surface area contributed by atoms with E-state index in [1.54, 1.807) is 0 Å². The Balaban J connectivity index is 2.32. The largest absolute Gasteiger partial charge is 0.481 e. The third kappa shape index (κ3) is 3.24. The molecule has 1 heterocycles. The summed E-state index contributed by atoms with van der Waals surface area (Å²) in [5.74, 6) is -1.77. The van der Waals surface area contributed by atoms with Crippen LogP contribution < -0.4 is 5.73 Å². The molecule has 0 spiro atoms. The van der Waals surface area contributed by atoms with Crippen LogP contribution in [0.4, 0.5) is 0 Å². The molecule has 0 atom stereocenters. The first-order chi connectivity index (χ1) is 9.73. The van der Waals surface area contributed by atoms with Crippen molar-refractivity contribution < 1.29 is 23.1 Å². The molecule has 8 nitrogen and oxygen atoms in total. The minimum Gasteiger partial charge on any atom is -0.481 e. The Bertz CT molecular complexity index is 675. The number of primary amides is 1. The fraction of sp³-hybridized carbons (Fsp3) is 0.500. The van der Waals surface area contributed by atoms with Crippen LogP contribution in [0.2, 0.25) is 0 Å². The topological polar surface area (TPSA) is 123 Å². The van der Waals surface area contributed by atoms with Gasteiger partial charge in [0.25, 0.3) is 5.91 Å². The summed E-state index contributed by atoms with van der Waals surface area (Å²) in [5, 5.41) is 8.74. The van der Waals surface area contributed by atoms with Crippen LogP contribution in [0.25, 0.3) is 0 Å². The van der Waals surface area contributed by atoms with E-state index in [0.29, 0.717) is 12.8 Å². The number of carbonyl (C=O) groups excluding carboxylic acids is 1. The van der Waals surface area contributed by atoms with Crippen molar-refractivity contribution in [3.63, 3.8) is 0 Å². The Morgan fingerprint density at radius 3 is 2.52 bits per heavy atom. The Labute approximate surface area is 122 Å². The normalized spacial score (nSPS) is 15.3. The highest BCUT2D eigenvalue weighted by Gasteiger charge is 2.38. The molecule has 9 heteroatoms.